The summed E-state index contributed by atoms with van der Waals surface area (Å²) in [7, 11) is 0. The van der Waals surface area contributed by atoms with Crippen LogP contribution in [0.4, 0.5) is 0 Å². The molecule has 1 N–H and O–H groups in total. The molecular formula is C14H19NO. The molecule has 1 aromatic rings. The molecule has 0 radical (unpaired) electrons. The Morgan fingerprint density at radius 1 is 1.25 bits per heavy atom. The van der Waals surface area contributed by atoms with Crippen LogP contribution in [-0.4, -0.2) is 11.9 Å². The standard InChI is InChI=1S/C14H19NO/c1-10(2)15-13(16)14(8-9-14)12-6-4-11(3)5-7-12/h4-7,10H,8-9H2,1-3H3,(H,15,16). The van der Waals surface area contributed by atoms with Crippen molar-refractivity contribution in [2.24, 2.45) is 0 Å². The predicted molar refractivity (Wildman–Crippen MR) is 65.4 cm³/mol. The molecule has 1 aliphatic carbocycles. The highest BCUT2D eigenvalue weighted by molar-refractivity contribution is 5.91. The van der Waals surface area contributed by atoms with E-state index in [2.05, 4.69) is 36.5 Å². The molecule has 1 amide bonds. The second kappa shape index (κ2) is 3.93. The Kier molecular flexibility index (Phi) is 2.75. The van der Waals surface area contributed by atoms with Crippen molar-refractivity contribution in [3.05, 3.63) is 35.4 Å². The first kappa shape index (κ1) is 11.2. The summed E-state index contributed by atoms with van der Waals surface area (Å²) >= 11 is 0. The van der Waals surface area contributed by atoms with E-state index in [1.54, 1.807) is 0 Å². The first-order chi connectivity index (χ1) is 7.54. The maximum Gasteiger partial charge on any atom is 0.230 e. The quantitative estimate of drug-likeness (QED) is 0.828. The molecule has 0 spiro atoms. The van der Waals surface area contributed by atoms with Crippen molar-refractivity contribution in [1.82, 2.24) is 5.32 Å². The van der Waals surface area contributed by atoms with Gasteiger partial charge in [0.1, 0.15) is 0 Å². The average Bonchev–Trinajstić information content (AvgIpc) is 2.98. The van der Waals surface area contributed by atoms with Crippen LogP contribution in [0.1, 0.15) is 37.8 Å². The summed E-state index contributed by atoms with van der Waals surface area (Å²) in [6, 6.07) is 8.55. The molecule has 1 saturated carbocycles. The molecule has 0 aliphatic heterocycles. The van der Waals surface area contributed by atoms with Gasteiger partial charge in [-0.3, -0.25) is 4.79 Å². The summed E-state index contributed by atoms with van der Waals surface area (Å²) in [4.78, 5) is 12.1. The van der Waals surface area contributed by atoms with Crippen molar-refractivity contribution in [1.29, 1.82) is 0 Å². The molecule has 0 atom stereocenters. The zero-order valence-corrected chi connectivity index (χ0v) is 10.2. The Balaban J connectivity index is 2.19. The van der Waals surface area contributed by atoms with E-state index in [1.807, 2.05) is 13.8 Å². The van der Waals surface area contributed by atoms with Crippen molar-refractivity contribution < 1.29 is 4.79 Å². The Morgan fingerprint density at radius 3 is 2.25 bits per heavy atom. The Morgan fingerprint density at radius 2 is 1.81 bits per heavy atom. The number of amides is 1. The number of nitrogens with one attached hydrogen (secondary N) is 1. The molecule has 0 heterocycles. The summed E-state index contributed by atoms with van der Waals surface area (Å²) in [5, 5.41) is 3.02. The summed E-state index contributed by atoms with van der Waals surface area (Å²) in [6.45, 7) is 6.07. The zero-order chi connectivity index (χ0) is 11.8. The predicted octanol–water partition coefficient (Wildman–Crippen LogP) is 2.55. The average molecular weight is 217 g/mol. The summed E-state index contributed by atoms with van der Waals surface area (Å²) < 4.78 is 0. The molecule has 16 heavy (non-hydrogen) atoms. The lowest BCUT2D eigenvalue weighted by molar-refractivity contribution is -0.124. The molecule has 0 saturated heterocycles. The van der Waals surface area contributed by atoms with E-state index in [0.29, 0.717) is 0 Å². The first-order valence-corrected chi connectivity index (χ1v) is 5.93. The van der Waals surface area contributed by atoms with Gasteiger partial charge >= 0.3 is 0 Å². The van der Waals surface area contributed by atoms with Gasteiger partial charge in [0.25, 0.3) is 0 Å². The van der Waals surface area contributed by atoms with Gasteiger partial charge in [-0.2, -0.15) is 0 Å². The highest BCUT2D eigenvalue weighted by Crippen LogP contribution is 2.48. The van der Waals surface area contributed by atoms with Crippen LogP contribution in [-0.2, 0) is 10.2 Å². The Bertz CT molecular complexity index is 388. The number of hydrogen-bond donors (Lipinski definition) is 1. The number of hydrogen-bond acceptors (Lipinski definition) is 1. The lowest BCUT2D eigenvalue weighted by Crippen LogP contribution is -2.38. The van der Waals surface area contributed by atoms with Crippen LogP contribution in [0.25, 0.3) is 0 Å². The molecule has 0 aromatic heterocycles. The van der Waals surface area contributed by atoms with Gasteiger partial charge in [-0.25, -0.2) is 0 Å². The van der Waals surface area contributed by atoms with Gasteiger partial charge in [-0.05, 0) is 39.2 Å². The van der Waals surface area contributed by atoms with Crippen LogP contribution in [0.2, 0.25) is 0 Å². The van der Waals surface area contributed by atoms with Gasteiger partial charge in [-0.15, -0.1) is 0 Å². The van der Waals surface area contributed by atoms with Crippen LogP contribution >= 0.6 is 0 Å². The first-order valence-electron chi connectivity index (χ1n) is 5.93. The van der Waals surface area contributed by atoms with Crippen molar-refractivity contribution >= 4 is 5.91 Å². The second-order valence-corrected chi connectivity index (χ2v) is 5.08. The van der Waals surface area contributed by atoms with Crippen LogP contribution in [0.3, 0.4) is 0 Å². The van der Waals surface area contributed by atoms with Crippen molar-refractivity contribution in [3.63, 3.8) is 0 Å². The fraction of sp³-hybridized carbons (Fsp3) is 0.500. The van der Waals surface area contributed by atoms with Gasteiger partial charge in [0.15, 0.2) is 0 Å². The minimum Gasteiger partial charge on any atom is -0.353 e. The molecule has 2 nitrogen and oxygen atoms in total. The zero-order valence-electron chi connectivity index (χ0n) is 10.2. The SMILES string of the molecule is Cc1ccc(C2(C(=O)NC(C)C)CC2)cc1. The van der Waals surface area contributed by atoms with E-state index in [9.17, 15) is 4.79 Å². The Hall–Kier alpha value is -1.31. The monoisotopic (exact) mass is 217 g/mol. The fourth-order valence-electron chi connectivity index (χ4n) is 2.04. The molecule has 1 aromatic carbocycles. The number of carbonyl (C=O) groups excluding carboxylic acids is 1. The fourth-order valence-corrected chi connectivity index (χ4v) is 2.04. The minimum atomic E-state index is -0.224. The highest BCUT2D eigenvalue weighted by atomic mass is 16.2. The number of aryl methyl sites for hydroxylation is 1. The third kappa shape index (κ3) is 1.97. The third-order valence-corrected chi connectivity index (χ3v) is 3.21. The molecule has 1 aliphatic rings. The minimum absolute atomic E-state index is 0.186. The van der Waals surface area contributed by atoms with Crippen molar-refractivity contribution in [2.45, 2.75) is 45.1 Å². The molecule has 1 fully saturated rings. The number of carbonyl (C=O) groups is 1. The Labute approximate surface area is 97.1 Å². The van der Waals surface area contributed by atoms with Crippen LogP contribution in [0, 0.1) is 6.92 Å². The third-order valence-electron chi connectivity index (χ3n) is 3.21. The van der Waals surface area contributed by atoms with E-state index in [0.717, 1.165) is 18.4 Å². The maximum atomic E-state index is 12.1. The van der Waals surface area contributed by atoms with Crippen LogP contribution in [0.5, 0.6) is 0 Å². The maximum absolute atomic E-state index is 12.1. The molecule has 2 rings (SSSR count). The summed E-state index contributed by atoms with van der Waals surface area (Å²) in [5.74, 6) is 0.186. The van der Waals surface area contributed by atoms with Crippen LogP contribution < -0.4 is 5.32 Å². The molecule has 2 heteroatoms. The van der Waals surface area contributed by atoms with E-state index < -0.39 is 0 Å². The van der Waals surface area contributed by atoms with Gasteiger partial charge in [0.05, 0.1) is 5.41 Å². The second-order valence-electron chi connectivity index (χ2n) is 5.08. The normalized spacial score (nSPS) is 17.2. The van der Waals surface area contributed by atoms with Gasteiger partial charge in [-0.1, -0.05) is 29.8 Å². The summed E-state index contributed by atoms with van der Waals surface area (Å²) in [5.41, 5.74) is 2.18. The lowest BCUT2D eigenvalue weighted by atomic mass is 9.94. The largest absolute Gasteiger partial charge is 0.353 e. The molecular weight excluding hydrogens is 198 g/mol. The van der Waals surface area contributed by atoms with Gasteiger partial charge in [0, 0.05) is 6.04 Å². The molecule has 0 unspecified atom stereocenters. The van der Waals surface area contributed by atoms with Gasteiger partial charge < -0.3 is 5.32 Å². The topological polar surface area (TPSA) is 29.1 Å². The van der Waals surface area contributed by atoms with E-state index in [-0.39, 0.29) is 17.4 Å². The summed E-state index contributed by atoms with van der Waals surface area (Å²) in [6.07, 6.45) is 1.96. The van der Waals surface area contributed by atoms with E-state index >= 15 is 0 Å². The van der Waals surface area contributed by atoms with Crippen molar-refractivity contribution in [2.75, 3.05) is 0 Å². The molecule has 0 bridgehead atoms. The number of benzene rings is 1. The van der Waals surface area contributed by atoms with Crippen molar-refractivity contribution in [3.8, 4) is 0 Å². The highest BCUT2D eigenvalue weighted by Gasteiger charge is 2.51. The van der Waals surface area contributed by atoms with Crippen LogP contribution in [0.15, 0.2) is 24.3 Å². The smallest absolute Gasteiger partial charge is 0.230 e. The van der Waals surface area contributed by atoms with E-state index in [1.165, 1.54) is 5.56 Å². The number of rotatable bonds is 3. The van der Waals surface area contributed by atoms with Gasteiger partial charge in [0.2, 0.25) is 5.91 Å². The van der Waals surface area contributed by atoms with E-state index in [4.69, 9.17) is 0 Å². The molecule has 86 valence electrons. The lowest BCUT2D eigenvalue weighted by Gasteiger charge is -2.17.